The summed E-state index contributed by atoms with van der Waals surface area (Å²) in [6.07, 6.45) is 11.0. The minimum absolute atomic E-state index is 0.187. The summed E-state index contributed by atoms with van der Waals surface area (Å²) < 4.78 is 20.4. The van der Waals surface area contributed by atoms with Gasteiger partial charge in [-0.05, 0) is 145 Å². The molecule has 4 aliphatic rings. The molecule has 4 saturated carbocycles. The van der Waals surface area contributed by atoms with E-state index in [2.05, 4.69) is 77.9 Å². The molecule has 0 unspecified atom stereocenters. The van der Waals surface area contributed by atoms with E-state index in [1.54, 1.807) is 7.11 Å². The first kappa shape index (κ1) is 31.9. The largest absolute Gasteiger partial charge is 0.415 e. The normalized spacial score (nSPS) is 41.5. The molecule has 226 valence electrons. The lowest BCUT2D eigenvalue weighted by Crippen LogP contribution is -2.61. The zero-order valence-electron chi connectivity index (χ0n) is 27.5. The Labute approximate surface area is 243 Å². The summed E-state index contributed by atoms with van der Waals surface area (Å²) in [6.45, 7) is 26.9. The highest BCUT2D eigenvalue weighted by Gasteiger charge is 2.64. The molecule has 4 aliphatic carbocycles. The van der Waals surface area contributed by atoms with Gasteiger partial charge in [0.05, 0.1) is 12.3 Å². The lowest BCUT2D eigenvalue weighted by atomic mass is 9.44. The van der Waals surface area contributed by atoms with E-state index in [1.165, 1.54) is 44.9 Å². The minimum atomic E-state index is -1.73. The van der Waals surface area contributed by atoms with Gasteiger partial charge in [0.15, 0.2) is 25.0 Å². The topological polar surface area (TPSA) is 49.3 Å². The molecular weight excluding hydrogens is 535 g/mol. The van der Waals surface area contributed by atoms with Crippen LogP contribution in [-0.2, 0) is 18.1 Å². The van der Waals surface area contributed by atoms with Gasteiger partial charge in [-0.15, -0.1) is 0 Å². The Hall–Kier alpha value is 0.000649. The van der Waals surface area contributed by atoms with Crippen LogP contribution in [-0.4, -0.2) is 56.6 Å². The quantitative estimate of drug-likeness (QED) is 0.152. The van der Waals surface area contributed by atoms with Crippen LogP contribution >= 0.6 is 0 Å². The first-order valence-electron chi connectivity index (χ1n) is 16.0. The van der Waals surface area contributed by atoms with E-state index < -0.39 is 25.0 Å². The van der Waals surface area contributed by atoms with Crippen LogP contribution in [0, 0.1) is 40.4 Å². The van der Waals surface area contributed by atoms with Crippen molar-refractivity contribution >= 4 is 30.7 Å². The Bertz CT molecular complexity index is 894. The SMILES string of the molecule is CO/N=C(/CO[Si](C)(C)C)[C@H]1CC[C@H]2[C@@H]3CC[C@H]4C[C@@H](O[Si](C)(C)C)CC[C@]4(C)[C@H]3[C@@H](O[Si](C)(C)C)C[C@]12C. The number of fused-ring (bicyclic) bond motifs is 5. The molecule has 0 bridgehead atoms. The Morgan fingerprint density at radius 2 is 1.46 bits per heavy atom. The fraction of sp³-hybridized carbons (Fsp3) is 0.968. The molecule has 0 amide bonds. The van der Waals surface area contributed by atoms with Crippen LogP contribution in [0.15, 0.2) is 5.16 Å². The highest BCUT2D eigenvalue weighted by atomic mass is 28.4. The van der Waals surface area contributed by atoms with Gasteiger partial charge in [-0.25, -0.2) is 0 Å². The summed E-state index contributed by atoms with van der Waals surface area (Å²) in [6, 6.07) is 0. The van der Waals surface area contributed by atoms with E-state index in [1.807, 2.05) is 0 Å². The van der Waals surface area contributed by atoms with Crippen molar-refractivity contribution < 1.29 is 18.1 Å². The van der Waals surface area contributed by atoms with Gasteiger partial charge in [0.1, 0.15) is 7.11 Å². The molecule has 0 N–H and O–H groups in total. The fourth-order valence-electron chi connectivity index (χ4n) is 9.62. The average molecular weight is 596 g/mol. The molecule has 5 nitrogen and oxygen atoms in total. The molecule has 0 saturated heterocycles. The van der Waals surface area contributed by atoms with Crippen molar-refractivity contribution in [2.45, 2.75) is 136 Å². The van der Waals surface area contributed by atoms with E-state index >= 15 is 0 Å². The monoisotopic (exact) mass is 595 g/mol. The van der Waals surface area contributed by atoms with Crippen molar-refractivity contribution in [1.29, 1.82) is 0 Å². The molecule has 0 radical (unpaired) electrons. The molecule has 4 rings (SSSR count). The van der Waals surface area contributed by atoms with Crippen LogP contribution in [0.1, 0.15) is 65.2 Å². The Balaban J connectivity index is 1.64. The van der Waals surface area contributed by atoms with Gasteiger partial charge < -0.3 is 18.1 Å². The predicted molar refractivity (Wildman–Crippen MR) is 171 cm³/mol. The summed E-state index contributed by atoms with van der Waals surface area (Å²) in [5.41, 5.74) is 1.68. The molecule has 39 heavy (non-hydrogen) atoms. The van der Waals surface area contributed by atoms with Crippen molar-refractivity contribution in [3.8, 4) is 0 Å². The first-order chi connectivity index (χ1) is 17.9. The highest BCUT2D eigenvalue weighted by Crippen LogP contribution is 2.68. The summed E-state index contributed by atoms with van der Waals surface area (Å²) in [5.74, 6) is 3.32. The maximum Gasteiger partial charge on any atom is 0.184 e. The third-order valence-corrected chi connectivity index (χ3v) is 13.9. The molecule has 9 atom stereocenters. The molecule has 0 spiro atoms. The molecule has 0 aromatic rings. The van der Waals surface area contributed by atoms with Gasteiger partial charge in [-0.2, -0.15) is 0 Å². The van der Waals surface area contributed by atoms with Crippen molar-refractivity contribution in [2.75, 3.05) is 13.7 Å². The zero-order valence-corrected chi connectivity index (χ0v) is 30.5. The Kier molecular flexibility index (Phi) is 9.21. The predicted octanol–water partition coefficient (Wildman–Crippen LogP) is 8.55. The smallest absolute Gasteiger partial charge is 0.184 e. The van der Waals surface area contributed by atoms with Gasteiger partial charge >= 0.3 is 0 Å². The van der Waals surface area contributed by atoms with Gasteiger partial charge in [0.25, 0.3) is 0 Å². The standard InChI is InChI=1S/C31H61NO4Si3/c1-30-18-17-23(35-38(7,8)9)19-22(30)13-14-24-25-15-16-26(27(32-33-3)21-34-37(4,5)6)31(25,2)20-28(29(24)30)36-39(10,11)12/h22-26,28-29H,13-21H2,1-12H3/b32-27-/t22-,23-,24-,25-,26+,28-,29+,30-,31-/m0/s1. The summed E-state index contributed by atoms with van der Waals surface area (Å²) in [5, 5.41) is 4.64. The van der Waals surface area contributed by atoms with Gasteiger partial charge in [-0.3, -0.25) is 0 Å². The third-order valence-electron chi connectivity index (χ3n) is 10.8. The van der Waals surface area contributed by atoms with Crippen molar-refractivity contribution in [1.82, 2.24) is 0 Å². The van der Waals surface area contributed by atoms with Crippen LogP contribution < -0.4 is 0 Å². The zero-order chi connectivity index (χ0) is 29.0. The van der Waals surface area contributed by atoms with E-state index in [9.17, 15) is 0 Å². The average Bonchev–Trinajstić information content (AvgIpc) is 3.10. The highest BCUT2D eigenvalue weighted by molar-refractivity contribution is 6.70. The number of nitrogens with zero attached hydrogens (tertiary/aromatic N) is 1. The summed E-state index contributed by atoms with van der Waals surface area (Å²) in [7, 11) is -3.21. The minimum Gasteiger partial charge on any atom is -0.415 e. The van der Waals surface area contributed by atoms with Crippen LogP contribution in [0.3, 0.4) is 0 Å². The van der Waals surface area contributed by atoms with Crippen molar-refractivity contribution in [2.24, 2.45) is 45.6 Å². The maximum atomic E-state index is 7.26. The van der Waals surface area contributed by atoms with E-state index in [0.29, 0.717) is 36.1 Å². The van der Waals surface area contributed by atoms with Gasteiger partial charge in [0.2, 0.25) is 0 Å². The summed E-state index contributed by atoms with van der Waals surface area (Å²) >= 11 is 0. The lowest BCUT2D eigenvalue weighted by Gasteiger charge is -2.64. The second-order valence-electron chi connectivity index (χ2n) is 17.0. The second-order valence-corrected chi connectivity index (χ2v) is 30.4. The number of rotatable bonds is 9. The van der Waals surface area contributed by atoms with Crippen LogP contribution in [0.5, 0.6) is 0 Å². The molecule has 0 heterocycles. The number of oxime groups is 1. The molecule has 0 aromatic carbocycles. The number of hydrogen-bond acceptors (Lipinski definition) is 5. The van der Waals surface area contributed by atoms with E-state index in [0.717, 1.165) is 29.9 Å². The number of hydrogen-bond donors (Lipinski definition) is 0. The molecule has 8 heteroatoms. The summed E-state index contributed by atoms with van der Waals surface area (Å²) in [4.78, 5) is 5.44. The van der Waals surface area contributed by atoms with E-state index in [-0.39, 0.29) is 5.41 Å². The fourth-order valence-corrected chi connectivity index (χ4v) is 12.6. The Morgan fingerprint density at radius 1 is 0.795 bits per heavy atom. The molecule has 4 fully saturated rings. The van der Waals surface area contributed by atoms with Crippen LogP contribution in [0.25, 0.3) is 0 Å². The van der Waals surface area contributed by atoms with Crippen molar-refractivity contribution in [3.05, 3.63) is 0 Å². The van der Waals surface area contributed by atoms with Gasteiger partial charge in [0, 0.05) is 18.1 Å². The maximum absolute atomic E-state index is 7.26. The van der Waals surface area contributed by atoms with Crippen LogP contribution in [0.4, 0.5) is 0 Å². The third kappa shape index (κ3) is 6.98. The first-order valence-corrected chi connectivity index (χ1v) is 26.2. The molecular formula is C31H61NO4Si3. The molecule has 0 aromatic heterocycles. The van der Waals surface area contributed by atoms with E-state index in [4.69, 9.17) is 18.1 Å². The second kappa shape index (κ2) is 11.3. The van der Waals surface area contributed by atoms with Crippen molar-refractivity contribution in [3.63, 3.8) is 0 Å². The van der Waals surface area contributed by atoms with Gasteiger partial charge in [-0.1, -0.05) is 19.0 Å². The molecule has 0 aliphatic heterocycles. The Morgan fingerprint density at radius 3 is 2.05 bits per heavy atom. The van der Waals surface area contributed by atoms with Crippen LogP contribution in [0.2, 0.25) is 58.9 Å². The lowest BCUT2D eigenvalue weighted by molar-refractivity contribution is -0.168.